The zero-order valence-electron chi connectivity index (χ0n) is 16.9. The normalized spacial score (nSPS) is 11.7. The summed E-state index contributed by atoms with van der Waals surface area (Å²) in [5, 5.41) is 14.0. The van der Waals surface area contributed by atoms with E-state index in [0.29, 0.717) is 5.75 Å². The first-order chi connectivity index (χ1) is 14.5. The topological polar surface area (TPSA) is 85.9 Å². The summed E-state index contributed by atoms with van der Waals surface area (Å²) in [5.41, 5.74) is 2.12. The van der Waals surface area contributed by atoms with E-state index < -0.39 is 4.92 Å². The van der Waals surface area contributed by atoms with Crippen molar-refractivity contribution < 1.29 is 19.4 Å². The minimum Gasteiger partial charge on any atom is -0.496 e. The Balaban J connectivity index is 1.80. The van der Waals surface area contributed by atoms with Crippen LogP contribution in [0.4, 0.5) is 11.4 Å². The highest BCUT2D eigenvalue weighted by atomic mass is 16.6. The van der Waals surface area contributed by atoms with Crippen LogP contribution in [-0.2, 0) is 4.79 Å². The van der Waals surface area contributed by atoms with Crippen molar-refractivity contribution in [1.82, 2.24) is 0 Å². The predicted molar refractivity (Wildman–Crippen MR) is 115 cm³/mol. The molecular formula is C23H24N3O4+. The van der Waals surface area contributed by atoms with E-state index in [0.717, 1.165) is 16.0 Å². The molecule has 0 spiro atoms. The number of benzene rings is 3. The molecule has 0 aromatic heterocycles. The maximum Gasteiger partial charge on any atom is 0.296 e. The van der Waals surface area contributed by atoms with E-state index in [1.165, 1.54) is 19.2 Å². The van der Waals surface area contributed by atoms with Crippen molar-refractivity contribution in [3.8, 4) is 5.75 Å². The Hall–Kier alpha value is -3.71. The largest absolute Gasteiger partial charge is 0.496 e. The van der Waals surface area contributed by atoms with Gasteiger partial charge in [-0.05, 0) is 12.1 Å². The number of nitro benzene ring substituents is 1. The van der Waals surface area contributed by atoms with Gasteiger partial charge < -0.3 is 15.0 Å². The summed E-state index contributed by atoms with van der Waals surface area (Å²) in [6, 6.07) is 24.2. The number of nitrogens with zero attached hydrogens (tertiary/aromatic N) is 1. The molecule has 0 saturated heterocycles. The second-order valence-corrected chi connectivity index (χ2v) is 6.97. The number of nitro groups is 1. The molecule has 0 bridgehead atoms. The lowest BCUT2D eigenvalue weighted by Gasteiger charge is -2.25. The van der Waals surface area contributed by atoms with Crippen LogP contribution < -0.4 is 15.0 Å². The zero-order valence-corrected chi connectivity index (χ0v) is 16.9. The van der Waals surface area contributed by atoms with Crippen LogP contribution in [0, 0.1) is 10.1 Å². The van der Waals surface area contributed by atoms with Crippen LogP contribution in [0.15, 0.2) is 78.9 Å². The Bertz CT molecular complexity index is 970. The Morgan fingerprint density at radius 1 is 1.03 bits per heavy atom. The van der Waals surface area contributed by atoms with Crippen LogP contribution in [0.1, 0.15) is 17.2 Å². The minimum absolute atomic E-state index is 0.0518. The molecule has 7 heteroatoms. The van der Waals surface area contributed by atoms with Gasteiger partial charge in [-0.15, -0.1) is 0 Å². The fourth-order valence-electron chi connectivity index (χ4n) is 3.50. The minimum atomic E-state index is -0.536. The number of quaternary nitrogens is 1. The van der Waals surface area contributed by atoms with Crippen molar-refractivity contribution in [3.63, 3.8) is 0 Å². The molecule has 0 aliphatic carbocycles. The molecule has 2 N–H and O–H groups in total. The Morgan fingerprint density at radius 2 is 1.60 bits per heavy atom. The smallest absolute Gasteiger partial charge is 0.296 e. The number of rotatable bonds is 8. The molecule has 1 amide bonds. The average Bonchev–Trinajstić information content (AvgIpc) is 2.75. The summed E-state index contributed by atoms with van der Waals surface area (Å²) in [7, 11) is 3.37. The fraction of sp³-hybridized carbons (Fsp3) is 0.174. The van der Waals surface area contributed by atoms with E-state index in [2.05, 4.69) is 5.32 Å². The van der Waals surface area contributed by atoms with Crippen LogP contribution in [0.5, 0.6) is 5.75 Å². The van der Waals surface area contributed by atoms with E-state index in [1.807, 2.05) is 67.7 Å². The van der Waals surface area contributed by atoms with Crippen molar-refractivity contribution in [2.75, 3.05) is 26.0 Å². The average molecular weight is 406 g/mol. The van der Waals surface area contributed by atoms with Gasteiger partial charge in [0.1, 0.15) is 17.5 Å². The molecule has 0 heterocycles. The molecule has 3 aromatic carbocycles. The van der Waals surface area contributed by atoms with Crippen molar-refractivity contribution >= 4 is 17.3 Å². The van der Waals surface area contributed by atoms with Crippen LogP contribution in [0.3, 0.4) is 0 Å². The Morgan fingerprint density at radius 3 is 2.10 bits per heavy atom. The summed E-state index contributed by atoms with van der Waals surface area (Å²) in [5.74, 6) is 0.0493. The lowest BCUT2D eigenvalue weighted by molar-refractivity contribution is -0.897. The second kappa shape index (κ2) is 9.67. The fourth-order valence-corrected chi connectivity index (χ4v) is 3.50. The standard InChI is InChI=1S/C23H23N3O4/c1-25(23(17-9-5-3-6-10-17)18-11-7-4-8-12-18)16-22(27)24-20-14-13-19(30-2)15-21(20)26(28)29/h3-15,23H,16H2,1-2H3,(H,24,27)/p+1. The third kappa shape index (κ3) is 5.01. The summed E-state index contributed by atoms with van der Waals surface area (Å²) >= 11 is 0. The molecule has 30 heavy (non-hydrogen) atoms. The van der Waals surface area contributed by atoms with E-state index in [9.17, 15) is 14.9 Å². The van der Waals surface area contributed by atoms with Crippen LogP contribution in [0.2, 0.25) is 0 Å². The maximum atomic E-state index is 12.7. The third-order valence-corrected chi connectivity index (χ3v) is 4.87. The molecule has 3 aromatic rings. The van der Waals surface area contributed by atoms with Crippen molar-refractivity contribution in [3.05, 3.63) is 100 Å². The monoisotopic (exact) mass is 406 g/mol. The highest BCUT2D eigenvalue weighted by molar-refractivity contribution is 5.93. The molecule has 0 aliphatic rings. The number of likely N-dealkylation sites (N-methyl/N-ethyl adjacent to an activating group) is 1. The number of hydrogen-bond acceptors (Lipinski definition) is 4. The maximum absolute atomic E-state index is 12.7. The molecule has 1 atom stereocenters. The quantitative estimate of drug-likeness (QED) is 0.445. The number of hydrogen-bond donors (Lipinski definition) is 2. The summed E-state index contributed by atoms with van der Waals surface area (Å²) in [4.78, 5) is 24.5. The molecular weight excluding hydrogens is 382 g/mol. The molecule has 0 radical (unpaired) electrons. The van der Waals surface area contributed by atoms with Crippen LogP contribution >= 0.6 is 0 Å². The molecule has 0 fully saturated rings. The third-order valence-electron chi connectivity index (χ3n) is 4.87. The zero-order chi connectivity index (χ0) is 21.5. The van der Waals surface area contributed by atoms with Gasteiger partial charge in [-0.25, -0.2) is 0 Å². The number of methoxy groups -OCH3 is 1. The van der Waals surface area contributed by atoms with E-state index in [-0.39, 0.29) is 29.9 Å². The number of carbonyl (C=O) groups is 1. The summed E-state index contributed by atoms with van der Waals surface area (Å²) in [6.07, 6.45) is 0. The van der Waals surface area contributed by atoms with E-state index >= 15 is 0 Å². The van der Waals surface area contributed by atoms with Crippen molar-refractivity contribution in [2.24, 2.45) is 0 Å². The van der Waals surface area contributed by atoms with Gasteiger partial charge in [0.2, 0.25) is 0 Å². The predicted octanol–water partition coefficient (Wildman–Crippen LogP) is 2.85. The first-order valence-corrected chi connectivity index (χ1v) is 9.54. The number of nitrogens with one attached hydrogen (secondary N) is 2. The number of carbonyl (C=O) groups excluding carboxylic acids is 1. The van der Waals surface area contributed by atoms with Gasteiger partial charge in [0, 0.05) is 11.1 Å². The number of ether oxygens (including phenoxy) is 1. The van der Waals surface area contributed by atoms with Crippen molar-refractivity contribution in [1.29, 1.82) is 0 Å². The van der Waals surface area contributed by atoms with E-state index in [4.69, 9.17) is 4.74 Å². The SMILES string of the molecule is COc1ccc(NC(=O)C[NH+](C)C(c2ccccc2)c2ccccc2)c([N+](=O)[O-])c1. The number of amides is 1. The van der Waals surface area contributed by atoms with Gasteiger partial charge in [-0.3, -0.25) is 14.9 Å². The van der Waals surface area contributed by atoms with E-state index in [1.54, 1.807) is 6.07 Å². The van der Waals surface area contributed by atoms with Gasteiger partial charge in [0.15, 0.2) is 6.54 Å². The Labute approximate surface area is 175 Å². The first kappa shape index (κ1) is 21.0. The highest BCUT2D eigenvalue weighted by Crippen LogP contribution is 2.28. The van der Waals surface area contributed by atoms with Crippen LogP contribution in [0.25, 0.3) is 0 Å². The summed E-state index contributed by atoms with van der Waals surface area (Å²) in [6.45, 7) is 0.137. The Kier molecular flexibility index (Phi) is 6.77. The molecule has 154 valence electrons. The molecule has 1 unspecified atom stereocenters. The molecule has 0 aliphatic heterocycles. The lowest BCUT2D eigenvalue weighted by Crippen LogP contribution is -3.10. The summed E-state index contributed by atoms with van der Waals surface area (Å²) < 4.78 is 5.04. The number of anilines is 1. The molecule has 7 nitrogen and oxygen atoms in total. The molecule has 3 rings (SSSR count). The van der Waals surface area contributed by atoms with Gasteiger partial charge in [0.05, 0.1) is 25.1 Å². The van der Waals surface area contributed by atoms with Crippen LogP contribution in [-0.4, -0.2) is 31.5 Å². The highest BCUT2D eigenvalue weighted by Gasteiger charge is 2.26. The lowest BCUT2D eigenvalue weighted by atomic mass is 9.97. The first-order valence-electron chi connectivity index (χ1n) is 9.54. The van der Waals surface area contributed by atoms with Gasteiger partial charge >= 0.3 is 0 Å². The van der Waals surface area contributed by atoms with Gasteiger partial charge in [-0.1, -0.05) is 60.7 Å². The second-order valence-electron chi connectivity index (χ2n) is 6.97. The molecule has 0 saturated carbocycles. The van der Waals surface area contributed by atoms with Gasteiger partial charge in [-0.2, -0.15) is 0 Å². The van der Waals surface area contributed by atoms with Gasteiger partial charge in [0.25, 0.3) is 11.6 Å². The van der Waals surface area contributed by atoms with Crippen molar-refractivity contribution in [2.45, 2.75) is 6.04 Å².